The van der Waals surface area contributed by atoms with E-state index in [2.05, 4.69) is 5.32 Å². The molecule has 0 saturated carbocycles. The molecular weight excluding hydrogens is 266 g/mol. The van der Waals surface area contributed by atoms with Crippen LogP contribution in [-0.4, -0.2) is 17.9 Å². The molecular formula is C13H20ClN3O2. The first-order chi connectivity index (χ1) is 8.32. The Morgan fingerprint density at radius 1 is 1.26 bits per heavy atom. The number of nitrogens with one attached hydrogen (secondary N) is 1. The molecule has 0 aliphatic carbocycles. The summed E-state index contributed by atoms with van der Waals surface area (Å²) in [4.78, 5) is 22.9. The summed E-state index contributed by atoms with van der Waals surface area (Å²) in [6.45, 7) is 5.58. The molecule has 0 spiro atoms. The van der Waals surface area contributed by atoms with Crippen LogP contribution in [0.15, 0.2) is 18.2 Å². The van der Waals surface area contributed by atoms with E-state index in [0.717, 1.165) is 5.56 Å². The standard InChI is InChI=1S/C13H19N3O2.ClH/c1-7(2)11(14)13(18)16-10-6-9(12(15)17)5-4-8(10)3;/h4-7,11H,14H2,1-3H3,(H2,15,17)(H,16,18);1H/t11-;/m0./s1. The highest BCUT2D eigenvalue weighted by molar-refractivity contribution is 5.98. The van der Waals surface area contributed by atoms with E-state index < -0.39 is 11.9 Å². The predicted octanol–water partition coefficient (Wildman–Crippen LogP) is 1.44. The van der Waals surface area contributed by atoms with Crippen molar-refractivity contribution in [3.05, 3.63) is 29.3 Å². The number of anilines is 1. The molecule has 0 fully saturated rings. The summed E-state index contributed by atoms with van der Waals surface area (Å²) in [7, 11) is 0. The van der Waals surface area contributed by atoms with Gasteiger partial charge in [0.15, 0.2) is 0 Å². The minimum absolute atomic E-state index is 0. The Bertz CT molecular complexity index is 475. The molecule has 1 aromatic rings. The van der Waals surface area contributed by atoms with E-state index in [9.17, 15) is 9.59 Å². The molecule has 0 unspecified atom stereocenters. The lowest BCUT2D eigenvalue weighted by atomic mass is 10.0. The average molecular weight is 286 g/mol. The highest BCUT2D eigenvalue weighted by Crippen LogP contribution is 2.17. The summed E-state index contributed by atoms with van der Waals surface area (Å²) in [5.41, 5.74) is 12.7. The third-order valence-electron chi connectivity index (χ3n) is 2.80. The maximum atomic E-state index is 11.8. The van der Waals surface area contributed by atoms with Crippen LogP contribution in [0.4, 0.5) is 5.69 Å². The molecule has 1 atom stereocenters. The first-order valence-corrected chi connectivity index (χ1v) is 5.79. The lowest BCUT2D eigenvalue weighted by Gasteiger charge is -2.16. The second-order valence-electron chi connectivity index (χ2n) is 4.65. The molecule has 0 aliphatic heterocycles. The van der Waals surface area contributed by atoms with Gasteiger partial charge in [-0.05, 0) is 30.5 Å². The Labute approximate surface area is 119 Å². The summed E-state index contributed by atoms with van der Waals surface area (Å²) >= 11 is 0. The molecule has 106 valence electrons. The number of carbonyl (C=O) groups is 2. The Morgan fingerprint density at radius 2 is 1.84 bits per heavy atom. The van der Waals surface area contributed by atoms with E-state index in [4.69, 9.17) is 11.5 Å². The maximum absolute atomic E-state index is 11.8. The molecule has 0 bridgehead atoms. The van der Waals surface area contributed by atoms with Gasteiger partial charge < -0.3 is 16.8 Å². The minimum atomic E-state index is -0.582. The van der Waals surface area contributed by atoms with Gasteiger partial charge in [0.1, 0.15) is 0 Å². The highest BCUT2D eigenvalue weighted by Gasteiger charge is 2.18. The number of hydrogen-bond acceptors (Lipinski definition) is 3. The Kier molecular flexibility index (Phi) is 6.52. The van der Waals surface area contributed by atoms with Crippen molar-refractivity contribution in [2.75, 3.05) is 5.32 Å². The smallest absolute Gasteiger partial charge is 0.248 e. The molecule has 2 amide bonds. The van der Waals surface area contributed by atoms with E-state index in [1.165, 1.54) is 0 Å². The fourth-order valence-electron chi connectivity index (χ4n) is 1.43. The number of rotatable bonds is 4. The summed E-state index contributed by atoms with van der Waals surface area (Å²) in [6, 6.07) is 4.33. The zero-order valence-corrected chi connectivity index (χ0v) is 12.1. The Morgan fingerprint density at radius 3 is 2.32 bits per heavy atom. The van der Waals surface area contributed by atoms with Crippen LogP contribution in [0, 0.1) is 12.8 Å². The normalized spacial score (nSPS) is 11.6. The monoisotopic (exact) mass is 285 g/mol. The summed E-state index contributed by atoms with van der Waals surface area (Å²) in [5, 5.41) is 2.71. The number of hydrogen-bond donors (Lipinski definition) is 3. The third-order valence-corrected chi connectivity index (χ3v) is 2.80. The number of nitrogens with two attached hydrogens (primary N) is 2. The van der Waals surface area contributed by atoms with Gasteiger partial charge in [-0.1, -0.05) is 19.9 Å². The van der Waals surface area contributed by atoms with Crippen molar-refractivity contribution >= 4 is 29.9 Å². The predicted molar refractivity (Wildman–Crippen MR) is 78.4 cm³/mol. The minimum Gasteiger partial charge on any atom is -0.366 e. The maximum Gasteiger partial charge on any atom is 0.248 e. The fourth-order valence-corrected chi connectivity index (χ4v) is 1.43. The van der Waals surface area contributed by atoms with Gasteiger partial charge in [0, 0.05) is 11.3 Å². The van der Waals surface area contributed by atoms with Crippen molar-refractivity contribution in [3.63, 3.8) is 0 Å². The van der Waals surface area contributed by atoms with E-state index in [1.54, 1.807) is 18.2 Å². The quantitative estimate of drug-likeness (QED) is 0.780. The number of carbonyl (C=O) groups excluding carboxylic acids is 2. The second-order valence-corrected chi connectivity index (χ2v) is 4.65. The van der Waals surface area contributed by atoms with Crippen LogP contribution in [0.1, 0.15) is 29.8 Å². The van der Waals surface area contributed by atoms with E-state index in [-0.39, 0.29) is 24.2 Å². The van der Waals surface area contributed by atoms with Crippen LogP contribution in [-0.2, 0) is 4.79 Å². The van der Waals surface area contributed by atoms with E-state index in [1.807, 2.05) is 20.8 Å². The number of halogens is 1. The van der Waals surface area contributed by atoms with Crippen molar-refractivity contribution in [1.29, 1.82) is 0 Å². The first kappa shape index (κ1) is 17.4. The van der Waals surface area contributed by atoms with Gasteiger partial charge in [0.2, 0.25) is 11.8 Å². The van der Waals surface area contributed by atoms with Gasteiger partial charge in [-0.15, -0.1) is 12.4 Å². The van der Waals surface area contributed by atoms with Crippen molar-refractivity contribution in [1.82, 2.24) is 0 Å². The second kappa shape index (κ2) is 7.11. The van der Waals surface area contributed by atoms with Crippen LogP contribution in [0.25, 0.3) is 0 Å². The van der Waals surface area contributed by atoms with E-state index in [0.29, 0.717) is 11.3 Å². The summed E-state index contributed by atoms with van der Waals surface area (Å²) in [5.74, 6) is -0.752. The number of benzene rings is 1. The molecule has 5 N–H and O–H groups in total. The Hall–Kier alpha value is -1.59. The lowest BCUT2D eigenvalue weighted by molar-refractivity contribution is -0.118. The molecule has 5 nitrogen and oxygen atoms in total. The molecule has 1 aromatic carbocycles. The van der Waals surface area contributed by atoms with Gasteiger partial charge in [-0.25, -0.2) is 0 Å². The molecule has 0 radical (unpaired) electrons. The Balaban J connectivity index is 0.00000324. The van der Waals surface area contributed by atoms with E-state index >= 15 is 0 Å². The summed E-state index contributed by atoms with van der Waals surface area (Å²) in [6.07, 6.45) is 0. The SMILES string of the molecule is Cc1ccc(C(N)=O)cc1NC(=O)[C@@H](N)C(C)C.Cl. The molecule has 6 heteroatoms. The van der Waals surface area contributed by atoms with Crippen LogP contribution < -0.4 is 16.8 Å². The van der Waals surface area contributed by atoms with Gasteiger partial charge in [0.05, 0.1) is 6.04 Å². The molecule has 19 heavy (non-hydrogen) atoms. The topological polar surface area (TPSA) is 98.2 Å². The van der Waals surface area contributed by atoms with Crippen LogP contribution >= 0.6 is 12.4 Å². The van der Waals surface area contributed by atoms with Gasteiger partial charge >= 0.3 is 0 Å². The molecule has 0 aliphatic rings. The molecule has 0 aromatic heterocycles. The highest BCUT2D eigenvalue weighted by atomic mass is 35.5. The van der Waals surface area contributed by atoms with Crippen LogP contribution in [0.5, 0.6) is 0 Å². The largest absolute Gasteiger partial charge is 0.366 e. The zero-order chi connectivity index (χ0) is 13.9. The average Bonchev–Trinajstić information content (AvgIpc) is 2.30. The van der Waals surface area contributed by atoms with Crippen LogP contribution in [0.3, 0.4) is 0 Å². The fraction of sp³-hybridized carbons (Fsp3) is 0.385. The lowest BCUT2D eigenvalue weighted by Crippen LogP contribution is -2.39. The number of amides is 2. The molecule has 0 heterocycles. The van der Waals surface area contributed by atoms with Gasteiger partial charge in [-0.3, -0.25) is 9.59 Å². The van der Waals surface area contributed by atoms with Crippen molar-refractivity contribution < 1.29 is 9.59 Å². The molecule has 0 saturated heterocycles. The zero-order valence-electron chi connectivity index (χ0n) is 11.3. The van der Waals surface area contributed by atoms with Gasteiger partial charge in [-0.2, -0.15) is 0 Å². The summed E-state index contributed by atoms with van der Waals surface area (Å²) < 4.78 is 0. The third kappa shape index (κ3) is 4.54. The number of aryl methyl sites for hydroxylation is 1. The van der Waals surface area contributed by atoms with Crippen molar-refractivity contribution in [2.24, 2.45) is 17.4 Å². The van der Waals surface area contributed by atoms with Crippen molar-refractivity contribution in [3.8, 4) is 0 Å². The van der Waals surface area contributed by atoms with Crippen LogP contribution in [0.2, 0.25) is 0 Å². The first-order valence-electron chi connectivity index (χ1n) is 5.79. The van der Waals surface area contributed by atoms with Crippen molar-refractivity contribution in [2.45, 2.75) is 26.8 Å². The van der Waals surface area contributed by atoms with Gasteiger partial charge in [0.25, 0.3) is 0 Å². The number of primary amides is 1. The molecule has 1 rings (SSSR count).